The fourth-order valence-electron chi connectivity index (χ4n) is 2.17. The third kappa shape index (κ3) is 3.22. The van der Waals surface area contributed by atoms with Crippen LogP contribution in [0.5, 0.6) is 5.88 Å². The van der Waals surface area contributed by atoms with E-state index in [4.69, 9.17) is 4.74 Å². The minimum atomic E-state index is -1.21. The summed E-state index contributed by atoms with van der Waals surface area (Å²) >= 11 is 1.25. The van der Waals surface area contributed by atoms with Gasteiger partial charge in [-0.05, 0) is 18.2 Å². The van der Waals surface area contributed by atoms with Gasteiger partial charge in [-0.2, -0.15) is 0 Å². The molecule has 0 amide bonds. The third-order valence-corrected chi connectivity index (χ3v) is 4.63. The van der Waals surface area contributed by atoms with Crippen molar-refractivity contribution >= 4 is 11.8 Å². The van der Waals surface area contributed by atoms with Crippen LogP contribution in [0.4, 0.5) is 0 Å². The molecule has 2 aromatic rings. The van der Waals surface area contributed by atoms with Crippen molar-refractivity contribution in [3.63, 3.8) is 0 Å². The molecule has 0 aromatic carbocycles. The molecular formula is C15H16N2O4S. The molecule has 4 atom stereocenters. The van der Waals surface area contributed by atoms with Gasteiger partial charge in [0.15, 0.2) is 5.44 Å². The minimum absolute atomic E-state index is 0.299. The average molecular weight is 320 g/mol. The summed E-state index contributed by atoms with van der Waals surface area (Å²) in [4.78, 5) is 8.36. The van der Waals surface area contributed by atoms with Crippen molar-refractivity contribution < 1.29 is 20.1 Å². The van der Waals surface area contributed by atoms with E-state index in [9.17, 15) is 15.3 Å². The summed E-state index contributed by atoms with van der Waals surface area (Å²) < 4.78 is 5.66. The molecule has 7 heteroatoms. The minimum Gasteiger partial charge on any atom is -0.460 e. The van der Waals surface area contributed by atoms with Crippen molar-refractivity contribution in [3.8, 4) is 17.1 Å². The van der Waals surface area contributed by atoms with Crippen LogP contribution in [0.25, 0.3) is 11.3 Å². The molecule has 0 unspecified atom stereocenters. The molecule has 1 fully saturated rings. The Hall–Kier alpha value is -1.67. The van der Waals surface area contributed by atoms with Gasteiger partial charge in [-0.25, -0.2) is 4.98 Å². The van der Waals surface area contributed by atoms with E-state index < -0.39 is 23.7 Å². The van der Waals surface area contributed by atoms with Gasteiger partial charge in [-0.15, -0.1) is 11.8 Å². The molecule has 3 rings (SSSR count). The van der Waals surface area contributed by atoms with E-state index in [0.717, 1.165) is 11.3 Å². The Kier molecular flexibility index (Phi) is 4.58. The lowest BCUT2D eigenvalue weighted by Crippen LogP contribution is -2.50. The van der Waals surface area contributed by atoms with E-state index in [1.807, 2.05) is 24.3 Å². The molecule has 0 saturated carbocycles. The molecule has 3 heterocycles. The number of aliphatic hydroxyl groups excluding tert-OH is 3. The zero-order chi connectivity index (χ0) is 15.5. The summed E-state index contributed by atoms with van der Waals surface area (Å²) in [5, 5.41) is 29.2. The molecule has 0 aliphatic carbocycles. The van der Waals surface area contributed by atoms with Crippen molar-refractivity contribution in [1.82, 2.24) is 9.97 Å². The van der Waals surface area contributed by atoms with Crippen LogP contribution in [0.15, 0.2) is 42.7 Å². The second-order valence-corrected chi connectivity index (χ2v) is 6.10. The fraction of sp³-hybridized carbons (Fsp3) is 0.333. The van der Waals surface area contributed by atoms with Gasteiger partial charge in [0.2, 0.25) is 5.88 Å². The SMILES string of the molecule is O[C@@H]1[C@@H](O)[C@H](Oc2cccc(-c3ccncc3)n2)SC[C@H]1O. The summed E-state index contributed by atoms with van der Waals surface area (Å²) in [5.74, 6) is 0.655. The number of ether oxygens (including phenoxy) is 1. The summed E-state index contributed by atoms with van der Waals surface area (Å²) in [6.07, 6.45) is 0.0391. The quantitative estimate of drug-likeness (QED) is 0.765. The van der Waals surface area contributed by atoms with E-state index in [-0.39, 0.29) is 0 Å². The maximum atomic E-state index is 9.96. The van der Waals surface area contributed by atoms with Gasteiger partial charge in [0, 0.05) is 29.8 Å². The van der Waals surface area contributed by atoms with Crippen LogP contribution in [0.1, 0.15) is 0 Å². The van der Waals surface area contributed by atoms with E-state index >= 15 is 0 Å². The Morgan fingerprint density at radius 3 is 2.59 bits per heavy atom. The fourth-order valence-corrected chi connectivity index (χ4v) is 3.27. The predicted molar refractivity (Wildman–Crippen MR) is 82.4 cm³/mol. The van der Waals surface area contributed by atoms with Gasteiger partial charge >= 0.3 is 0 Å². The molecule has 0 spiro atoms. The first-order valence-corrected chi connectivity index (χ1v) is 7.90. The Morgan fingerprint density at radius 1 is 1.05 bits per heavy atom. The maximum Gasteiger partial charge on any atom is 0.214 e. The first kappa shape index (κ1) is 15.2. The molecule has 1 aliphatic heterocycles. The average Bonchev–Trinajstić information content (AvgIpc) is 2.57. The lowest BCUT2D eigenvalue weighted by atomic mass is 10.1. The molecule has 2 aromatic heterocycles. The summed E-state index contributed by atoms with van der Waals surface area (Å²) in [5.41, 5.74) is 0.974. The van der Waals surface area contributed by atoms with Gasteiger partial charge in [0.25, 0.3) is 0 Å². The molecular weight excluding hydrogens is 304 g/mol. The lowest BCUT2D eigenvalue weighted by molar-refractivity contribution is -0.0791. The number of aromatic nitrogens is 2. The van der Waals surface area contributed by atoms with Gasteiger partial charge in [0.1, 0.15) is 12.2 Å². The van der Waals surface area contributed by atoms with E-state index in [1.165, 1.54) is 11.8 Å². The molecule has 116 valence electrons. The van der Waals surface area contributed by atoms with Crippen LogP contribution in [-0.4, -0.2) is 54.8 Å². The maximum absolute atomic E-state index is 9.96. The molecule has 22 heavy (non-hydrogen) atoms. The Labute approximate surface area is 131 Å². The second kappa shape index (κ2) is 6.62. The number of hydrogen-bond donors (Lipinski definition) is 3. The normalized spacial score (nSPS) is 28.3. The predicted octanol–water partition coefficient (Wildman–Crippen LogP) is 0.678. The number of hydrogen-bond acceptors (Lipinski definition) is 7. The van der Waals surface area contributed by atoms with Gasteiger partial charge in [-0.3, -0.25) is 4.98 Å². The van der Waals surface area contributed by atoms with E-state index in [1.54, 1.807) is 18.5 Å². The first-order valence-electron chi connectivity index (χ1n) is 6.85. The molecule has 1 saturated heterocycles. The Balaban J connectivity index is 1.76. The molecule has 1 aliphatic rings. The van der Waals surface area contributed by atoms with Crippen molar-refractivity contribution in [2.75, 3.05) is 5.75 Å². The molecule has 6 nitrogen and oxygen atoms in total. The highest BCUT2D eigenvalue weighted by molar-refractivity contribution is 7.99. The van der Waals surface area contributed by atoms with Crippen molar-refractivity contribution in [1.29, 1.82) is 0 Å². The highest BCUT2D eigenvalue weighted by atomic mass is 32.2. The van der Waals surface area contributed by atoms with Crippen LogP contribution in [0.3, 0.4) is 0 Å². The number of nitrogens with zero attached hydrogens (tertiary/aromatic N) is 2. The van der Waals surface area contributed by atoms with Crippen LogP contribution < -0.4 is 4.74 Å². The number of thioether (sulfide) groups is 1. The largest absolute Gasteiger partial charge is 0.460 e. The van der Waals surface area contributed by atoms with Crippen molar-refractivity contribution in [2.45, 2.75) is 23.7 Å². The first-order chi connectivity index (χ1) is 10.6. The van der Waals surface area contributed by atoms with E-state index in [0.29, 0.717) is 11.6 Å². The van der Waals surface area contributed by atoms with Gasteiger partial charge < -0.3 is 20.1 Å². The number of pyridine rings is 2. The van der Waals surface area contributed by atoms with Crippen molar-refractivity contribution in [3.05, 3.63) is 42.7 Å². The monoisotopic (exact) mass is 320 g/mol. The molecule has 0 bridgehead atoms. The topological polar surface area (TPSA) is 95.7 Å². The van der Waals surface area contributed by atoms with Crippen LogP contribution in [0, 0.1) is 0 Å². The lowest BCUT2D eigenvalue weighted by Gasteiger charge is -2.34. The summed E-state index contributed by atoms with van der Waals surface area (Å²) in [6.45, 7) is 0. The highest BCUT2D eigenvalue weighted by Gasteiger charge is 2.38. The van der Waals surface area contributed by atoms with Crippen molar-refractivity contribution in [2.24, 2.45) is 0 Å². The van der Waals surface area contributed by atoms with Gasteiger partial charge in [-0.1, -0.05) is 6.07 Å². The van der Waals surface area contributed by atoms with Crippen LogP contribution >= 0.6 is 11.8 Å². The number of aliphatic hydroxyl groups is 3. The Bertz CT molecular complexity index is 628. The smallest absolute Gasteiger partial charge is 0.214 e. The van der Waals surface area contributed by atoms with E-state index in [2.05, 4.69) is 9.97 Å². The molecule has 3 N–H and O–H groups in total. The zero-order valence-corrected chi connectivity index (χ0v) is 12.4. The third-order valence-electron chi connectivity index (χ3n) is 3.39. The Morgan fingerprint density at radius 2 is 1.82 bits per heavy atom. The standard InChI is InChI=1S/C15H16N2O4S/c18-11-8-22-15(14(20)13(11)19)21-12-3-1-2-10(17-12)9-4-6-16-7-5-9/h1-7,11,13-15,18-20H,8H2/t11-,13+,14-,15-/m1/s1. The molecule has 0 radical (unpaired) electrons. The number of rotatable bonds is 3. The zero-order valence-electron chi connectivity index (χ0n) is 11.6. The van der Waals surface area contributed by atoms with Crippen LogP contribution in [-0.2, 0) is 0 Å². The highest BCUT2D eigenvalue weighted by Crippen LogP contribution is 2.29. The van der Waals surface area contributed by atoms with Gasteiger partial charge in [0.05, 0.1) is 11.8 Å². The summed E-state index contributed by atoms with van der Waals surface area (Å²) in [7, 11) is 0. The second-order valence-electron chi connectivity index (χ2n) is 4.97. The summed E-state index contributed by atoms with van der Waals surface area (Å²) in [6, 6.07) is 9.04. The van der Waals surface area contributed by atoms with Crippen LogP contribution in [0.2, 0.25) is 0 Å².